The number of hydrogen-bond donors (Lipinski definition) is 1. The Kier molecular flexibility index (Phi) is 3.56. The molecule has 2 aliphatic heterocycles. The van der Waals surface area contributed by atoms with E-state index >= 15 is 0 Å². The summed E-state index contributed by atoms with van der Waals surface area (Å²) in [6.45, 7) is 5.43. The number of benzene rings is 1. The largest absolute Gasteiger partial charge is 0.495 e. The molecular formula is C16H23N3OS. The number of guanidine groups is 1. The third kappa shape index (κ3) is 2.48. The van der Waals surface area contributed by atoms with Gasteiger partial charge in [0.25, 0.3) is 0 Å². The summed E-state index contributed by atoms with van der Waals surface area (Å²) in [4.78, 5) is 6.77. The molecule has 1 unspecified atom stereocenters. The zero-order valence-electron chi connectivity index (χ0n) is 12.9. The lowest BCUT2D eigenvalue weighted by Crippen LogP contribution is -2.58. The van der Waals surface area contributed by atoms with E-state index in [0.29, 0.717) is 11.4 Å². The van der Waals surface area contributed by atoms with Gasteiger partial charge in [-0.2, -0.15) is 11.8 Å². The number of para-hydroxylation sites is 2. The minimum Gasteiger partial charge on any atom is -0.495 e. The molecule has 5 heteroatoms. The van der Waals surface area contributed by atoms with Crippen LogP contribution in [0.15, 0.2) is 29.3 Å². The van der Waals surface area contributed by atoms with Crippen LogP contribution in [0.2, 0.25) is 0 Å². The average molecular weight is 305 g/mol. The molecule has 1 spiro atoms. The van der Waals surface area contributed by atoms with Gasteiger partial charge in [-0.3, -0.25) is 4.99 Å². The van der Waals surface area contributed by atoms with E-state index in [9.17, 15) is 0 Å². The maximum absolute atomic E-state index is 6.24. The SMILES string of the molecule is COc1ccccc1N1C(N)=NCC12CSCC(C)(C)C2. The van der Waals surface area contributed by atoms with Crippen LogP contribution >= 0.6 is 11.8 Å². The van der Waals surface area contributed by atoms with Gasteiger partial charge >= 0.3 is 0 Å². The second-order valence-corrected chi connectivity index (χ2v) is 7.73. The number of rotatable bonds is 2. The molecule has 1 atom stereocenters. The highest BCUT2D eigenvalue weighted by Crippen LogP contribution is 2.47. The molecule has 21 heavy (non-hydrogen) atoms. The number of thioether (sulfide) groups is 1. The Morgan fingerprint density at radius 3 is 2.76 bits per heavy atom. The van der Waals surface area contributed by atoms with Gasteiger partial charge in [0, 0.05) is 5.75 Å². The van der Waals surface area contributed by atoms with Crippen molar-refractivity contribution in [2.24, 2.45) is 16.1 Å². The van der Waals surface area contributed by atoms with Gasteiger partial charge in [0.1, 0.15) is 5.75 Å². The number of nitrogens with zero attached hydrogens (tertiary/aromatic N) is 2. The fraction of sp³-hybridized carbons (Fsp3) is 0.562. The Morgan fingerprint density at radius 1 is 1.29 bits per heavy atom. The van der Waals surface area contributed by atoms with Crippen LogP contribution in [0.3, 0.4) is 0 Å². The van der Waals surface area contributed by atoms with Gasteiger partial charge in [-0.1, -0.05) is 26.0 Å². The monoisotopic (exact) mass is 305 g/mol. The zero-order valence-corrected chi connectivity index (χ0v) is 13.7. The highest BCUT2D eigenvalue weighted by Gasteiger charge is 2.49. The van der Waals surface area contributed by atoms with Gasteiger partial charge in [0.15, 0.2) is 5.96 Å². The summed E-state index contributed by atoms with van der Waals surface area (Å²) in [5, 5.41) is 0. The molecule has 4 nitrogen and oxygen atoms in total. The molecule has 1 aromatic rings. The lowest BCUT2D eigenvalue weighted by atomic mass is 9.79. The van der Waals surface area contributed by atoms with Gasteiger partial charge < -0.3 is 15.4 Å². The number of ether oxygens (including phenoxy) is 1. The van der Waals surface area contributed by atoms with Crippen molar-refractivity contribution in [3.05, 3.63) is 24.3 Å². The molecule has 2 aliphatic rings. The van der Waals surface area contributed by atoms with Gasteiger partial charge in [0.05, 0.1) is 24.9 Å². The van der Waals surface area contributed by atoms with Crippen LogP contribution in [0.1, 0.15) is 20.3 Å². The third-order valence-corrected chi connectivity index (χ3v) is 5.96. The number of aliphatic imine (C=N–C) groups is 1. The maximum Gasteiger partial charge on any atom is 0.196 e. The number of hydrogen-bond acceptors (Lipinski definition) is 5. The highest BCUT2D eigenvalue weighted by molar-refractivity contribution is 7.99. The van der Waals surface area contributed by atoms with Crippen LogP contribution in [0, 0.1) is 5.41 Å². The number of anilines is 1. The van der Waals surface area contributed by atoms with Crippen molar-refractivity contribution in [2.45, 2.75) is 25.8 Å². The lowest BCUT2D eigenvalue weighted by Gasteiger charge is -2.47. The first-order chi connectivity index (χ1) is 9.97. The minimum absolute atomic E-state index is 0.0227. The van der Waals surface area contributed by atoms with Gasteiger partial charge in [0.2, 0.25) is 0 Å². The molecule has 0 aliphatic carbocycles. The Labute approximate surface area is 130 Å². The molecular weight excluding hydrogens is 282 g/mol. The summed E-state index contributed by atoms with van der Waals surface area (Å²) < 4.78 is 5.53. The molecule has 1 saturated heterocycles. The van der Waals surface area contributed by atoms with E-state index < -0.39 is 0 Å². The van der Waals surface area contributed by atoms with Crippen LogP contribution < -0.4 is 15.4 Å². The van der Waals surface area contributed by atoms with Crippen molar-refractivity contribution in [2.75, 3.05) is 30.1 Å². The van der Waals surface area contributed by atoms with E-state index in [1.807, 2.05) is 30.0 Å². The number of nitrogens with two attached hydrogens (primary N) is 1. The molecule has 0 amide bonds. The fourth-order valence-electron chi connectivity index (χ4n) is 3.56. The predicted octanol–water partition coefficient (Wildman–Crippen LogP) is 2.73. The van der Waals surface area contributed by atoms with Crippen LogP contribution in [0.4, 0.5) is 5.69 Å². The average Bonchev–Trinajstić information content (AvgIpc) is 2.74. The second kappa shape index (κ2) is 5.13. The van der Waals surface area contributed by atoms with Gasteiger partial charge in [-0.05, 0) is 29.7 Å². The molecule has 114 valence electrons. The smallest absolute Gasteiger partial charge is 0.196 e. The molecule has 2 heterocycles. The molecule has 0 aromatic heterocycles. The lowest BCUT2D eigenvalue weighted by molar-refractivity contribution is 0.281. The summed E-state index contributed by atoms with van der Waals surface area (Å²) in [7, 11) is 1.70. The molecule has 0 radical (unpaired) electrons. The van der Waals surface area contributed by atoms with Crippen molar-refractivity contribution >= 4 is 23.4 Å². The van der Waals surface area contributed by atoms with Crippen LogP contribution in [-0.4, -0.2) is 36.7 Å². The van der Waals surface area contributed by atoms with Crippen molar-refractivity contribution in [3.8, 4) is 5.75 Å². The standard InChI is InChI=1S/C16H23N3OS/c1-15(2)8-16(11-21-10-15)9-18-14(17)19(16)12-6-4-5-7-13(12)20-3/h4-7H,8-11H2,1-3H3,(H2,17,18). The molecule has 1 aromatic carbocycles. The maximum atomic E-state index is 6.24. The summed E-state index contributed by atoms with van der Waals surface area (Å²) in [5.41, 5.74) is 7.54. The Hall–Kier alpha value is -1.36. The second-order valence-electron chi connectivity index (χ2n) is 6.74. The number of methoxy groups -OCH3 is 1. The van der Waals surface area contributed by atoms with Gasteiger partial charge in [-0.25, -0.2) is 0 Å². The highest BCUT2D eigenvalue weighted by atomic mass is 32.2. The fourth-order valence-corrected chi connectivity index (χ4v) is 5.02. The van der Waals surface area contributed by atoms with E-state index in [1.165, 1.54) is 5.75 Å². The van der Waals surface area contributed by atoms with Crippen molar-refractivity contribution in [3.63, 3.8) is 0 Å². The van der Waals surface area contributed by atoms with Crippen LogP contribution in [0.25, 0.3) is 0 Å². The summed E-state index contributed by atoms with van der Waals surface area (Å²) >= 11 is 2.00. The Balaban J connectivity index is 2.03. The van der Waals surface area contributed by atoms with Crippen LogP contribution in [-0.2, 0) is 0 Å². The van der Waals surface area contributed by atoms with E-state index in [0.717, 1.165) is 30.2 Å². The van der Waals surface area contributed by atoms with Crippen molar-refractivity contribution in [1.29, 1.82) is 0 Å². The summed E-state index contributed by atoms with van der Waals surface area (Å²) in [6, 6.07) is 8.06. The molecule has 1 fully saturated rings. The Morgan fingerprint density at radius 2 is 2.05 bits per heavy atom. The predicted molar refractivity (Wildman–Crippen MR) is 90.4 cm³/mol. The van der Waals surface area contributed by atoms with Crippen molar-refractivity contribution < 1.29 is 4.74 Å². The topological polar surface area (TPSA) is 50.9 Å². The molecule has 2 N–H and O–H groups in total. The first kappa shape index (κ1) is 14.6. The van der Waals surface area contributed by atoms with Gasteiger partial charge in [-0.15, -0.1) is 0 Å². The normalized spacial score (nSPS) is 27.8. The van der Waals surface area contributed by atoms with E-state index in [1.54, 1.807) is 7.11 Å². The Bertz CT molecular complexity index is 572. The minimum atomic E-state index is -0.0227. The summed E-state index contributed by atoms with van der Waals surface area (Å²) in [6.07, 6.45) is 1.09. The van der Waals surface area contributed by atoms with Crippen molar-refractivity contribution in [1.82, 2.24) is 0 Å². The molecule has 3 rings (SSSR count). The van der Waals surface area contributed by atoms with E-state index in [-0.39, 0.29) is 5.54 Å². The molecule has 0 saturated carbocycles. The van der Waals surface area contributed by atoms with E-state index in [4.69, 9.17) is 10.5 Å². The first-order valence-corrected chi connectivity index (χ1v) is 8.44. The van der Waals surface area contributed by atoms with E-state index in [2.05, 4.69) is 29.8 Å². The quantitative estimate of drug-likeness (QED) is 0.913. The summed E-state index contributed by atoms with van der Waals surface area (Å²) in [5.74, 6) is 3.70. The first-order valence-electron chi connectivity index (χ1n) is 7.28. The molecule has 0 bridgehead atoms. The van der Waals surface area contributed by atoms with Crippen LogP contribution in [0.5, 0.6) is 5.75 Å². The zero-order chi connectivity index (χ0) is 15.1. The third-order valence-electron chi connectivity index (χ3n) is 4.24.